The summed E-state index contributed by atoms with van der Waals surface area (Å²) in [7, 11) is 0. The van der Waals surface area contributed by atoms with E-state index in [4.69, 9.17) is 9.63 Å². The van der Waals surface area contributed by atoms with Gasteiger partial charge in [0.2, 0.25) is 0 Å². The van der Waals surface area contributed by atoms with Crippen LogP contribution in [0.4, 0.5) is 0 Å². The second-order valence-corrected chi connectivity index (χ2v) is 5.01. The van der Waals surface area contributed by atoms with E-state index in [-0.39, 0.29) is 0 Å². The van der Waals surface area contributed by atoms with Gasteiger partial charge in [0.1, 0.15) is 11.7 Å². The van der Waals surface area contributed by atoms with E-state index in [1.165, 1.54) is 0 Å². The molecular weight excluding hydrogens is 256 g/mol. The molecule has 2 heterocycles. The summed E-state index contributed by atoms with van der Waals surface area (Å²) in [5, 5.41) is 13.2. The molecule has 3 rings (SSSR count). The van der Waals surface area contributed by atoms with Crippen LogP contribution in [-0.4, -0.2) is 33.7 Å². The number of hydrogen-bond acceptors (Lipinski definition) is 4. The summed E-state index contributed by atoms with van der Waals surface area (Å²) >= 11 is 0. The van der Waals surface area contributed by atoms with Gasteiger partial charge in [-0.3, -0.25) is 9.69 Å². The monoisotopic (exact) mass is 272 g/mol. The lowest BCUT2D eigenvalue weighted by Crippen LogP contribution is -2.35. The molecule has 20 heavy (non-hydrogen) atoms. The largest absolute Gasteiger partial charge is 0.480 e. The Balaban J connectivity index is 1.73. The number of likely N-dealkylation sites (tertiary alicyclic amines) is 1. The molecule has 2 aromatic rings. The van der Waals surface area contributed by atoms with Crippen LogP contribution in [0, 0.1) is 0 Å². The van der Waals surface area contributed by atoms with Crippen LogP contribution in [-0.2, 0) is 11.3 Å². The lowest BCUT2D eigenvalue weighted by molar-refractivity contribution is -0.142. The van der Waals surface area contributed by atoms with Gasteiger partial charge >= 0.3 is 5.97 Å². The molecule has 1 N–H and O–H groups in total. The maximum Gasteiger partial charge on any atom is 0.320 e. The smallest absolute Gasteiger partial charge is 0.320 e. The minimum Gasteiger partial charge on any atom is -0.480 e. The molecule has 0 spiro atoms. The summed E-state index contributed by atoms with van der Waals surface area (Å²) in [6.45, 7) is 1.29. The fourth-order valence-corrected chi connectivity index (χ4v) is 2.63. The number of carboxylic acids is 1. The molecule has 0 amide bonds. The molecule has 0 saturated carbocycles. The van der Waals surface area contributed by atoms with E-state index in [2.05, 4.69) is 5.16 Å². The first-order valence-electron chi connectivity index (χ1n) is 6.72. The van der Waals surface area contributed by atoms with Crippen LogP contribution in [0.3, 0.4) is 0 Å². The molecule has 0 unspecified atom stereocenters. The van der Waals surface area contributed by atoms with Crippen molar-refractivity contribution in [2.75, 3.05) is 6.54 Å². The van der Waals surface area contributed by atoms with Crippen molar-refractivity contribution < 1.29 is 14.4 Å². The normalized spacial score (nSPS) is 19.3. The van der Waals surface area contributed by atoms with Gasteiger partial charge in [-0.25, -0.2) is 0 Å². The first-order chi connectivity index (χ1) is 9.74. The lowest BCUT2D eigenvalue weighted by Gasteiger charge is -2.18. The van der Waals surface area contributed by atoms with E-state index < -0.39 is 12.0 Å². The van der Waals surface area contributed by atoms with Crippen molar-refractivity contribution in [2.24, 2.45) is 0 Å². The molecule has 5 heteroatoms. The molecular formula is C15H16N2O3. The molecule has 0 aliphatic carbocycles. The molecule has 1 aliphatic rings. The Morgan fingerprint density at radius 2 is 2.20 bits per heavy atom. The van der Waals surface area contributed by atoms with Crippen LogP contribution in [0.1, 0.15) is 18.6 Å². The Labute approximate surface area is 116 Å². The number of aliphatic carboxylic acids is 1. The van der Waals surface area contributed by atoms with E-state index in [0.29, 0.717) is 18.7 Å². The van der Waals surface area contributed by atoms with Crippen molar-refractivity contribution in [3.63, 3.8) is 0 Å². The summed E-state index contributed by atoms with van der Waals surface area (Å²) in [5.41, 5.74) is 1.78. The van der Waals surface area contributed by atoms with Crippen molar-refractivity contribution in [3.8, 4) is 11.3 Å². The Morgan fingerprint density at radius 1 is 1.40 bits per heavy atom. The Hall–Kier alpha value is -2.14. The fraction of sp³-hybridized carbons (Fsp3) is 0.333. The first-order valence-corrected chi connectivity index (χ1v) is 6.72. The van der Waals surface area contributed by atoms with Gasteiger partial charge in [-0.05, 0) is 19.4 Å². The third-order valence-corrected chi connectivity index (χ3v) is 3.64. The van der Waals surface area contributed by atoms with Gasteiger partial charge in [-0.15, -0.1) is 0 Å². The molecule has 1 fully saturated rings. The highest BCUT2D eigenvalue weighted by atomic mass is 16.5. The molecule has 0 radical (unpaired) electrons. The van der Waals surface area contributed by atoms with Crippen LogP contribution in [0.2, 0.25) is 0 Å². The second kappa shape index (κ2) is 5.46. The fourth-order valence-electron chi connectivity index (χ4n) is 2.63. The zero-order valence-electron chi connectivity index (χ0n) is 11.0. The van der Waals surface area contributed by atoms with E-state index >= 15 is 0 Å². The van der Waals surface area contributed by atoms with Gasteiger partial charge in [0.15, 0.2) is 5.76 Å². The van der Waals surface area contributed by atoms with Crippen molar-refractivity contribution in [1.82, 2.24) is 10.1 Å². The van der Waals surface area contributed by atoms with Gasteiger partial charge in [-0.2, -0.15) is 0 Å². The van der Waals surface area contributed by atoms with Gasteiger partial charge < -0.3 is 9.63 Å². The van der Waals surface area contributed by atoms with Crippen LogP contribution in [0.5, 0.6) is 0 Å². The zero-order valence-corrected chi connectivity index (χ0v) is 11.0. The summed E-state index contributed by atoms with van der Waals surface area (Å²) in [6, 6.07) is 11.3. The van der Waals surface area contributed by atoms with E-state index in [0.717, 1.165) is 24.2 Å². The van der Waals surface area contributed by atoms with Gasteiger partial charge in [0.25, 0.3) is 0 Å². The molecule has 0 bridgehead atoms. The lowest BCUT2D eigenvalue weighted by atomic mass is 10.1. The summed E-state index contributed by atoms with van der Waals surface area (Å²) < 4.78 is 5.32. The minimum absolute atomic E-state index is 0.403. The molecule has 1 aliphatic heterocycles. The maximum absolute atomic E-state index is 11.1. The predicted molar refractivity (Wildman–Crippen MR) is 73.0 cm³/mol. The van der Waals surface area contributed by atoms with Crippen molar-refractivity contribution in [2.45, 2.75) is 25.4 Å². The standard InChI is InChI=1S/C15H16N2O3/c18-15(19)14-7-4-8-17(14)10-12-9-13(16-20-12)11-5-2-1-3-6-11/h1-3,5-6,9,14H,4,7-8,10H2,(H,18,19)/t14-/m0/s1. The van der Waals surface area contributed by atoms with Crippen LogP contribution >= 0.6 is 0 Å². The molecule has 1 atom stereocenters. The summed E-state index contributed by atoms with van der Waals surface area (Å²) in [4.78, 5) is 13.1. The Morgan fingerprint density at radius 3 is 2.95 bits per heavy atom. The number of aromatic nitrogens is 1. The predicted octanol–water partition coefficient (Wildman–Crippen LogP) is 2.39. The van der Waals surface area contributed by atoms with Gasteiger partial charge in [-0.1, -0.05) is 35.5 Å². The van der Waals surface area contributed by atoms with Crippen LogP contribution in [0.15, 0.2) is 40.9 Å². The van der Waals surface area contributed by atoms with E-state index in [1.807, 2.05) is 41.3 Å². The number of carbonyl (C=O) groups is 1. The average Bonchev–Trinajstić information content (AvgIpc) is 3.09. The van der Waals surface area contributed by atoms with Crippen LogP contribution < -0.4 is 0 Å². The highest BCUT2D eigenvalue weighted by Crippen LogP contribution is 2.23. The number of nitrogens with zero attached hydrogens (tertiary/aromatic N) is 2. The number of rotatable bonds is 4. The highest BCUT2D eigenvalue weighted by Gasteiger charge is 2.31. The first kappa shape index (κ1) is 12.9. The highest BCUT2D eigenvalue weighted by molar-refractivity contribution is 5.73. The van der Waals surface area contributed by atoms with Crippen molar-refractivity contribution >= 4 is 5.97 Å². The minimum atomic E-state index is -0.759. The van der Waals surface area contributed by atoms with Crippen molar-refractivity contribution in [1.29, 1.82) is 0 Å². The topological polar surface area (TPSA) is 66.6 Å². The van der Waals surface area contributed by atoms with Crippen LogP contribution in [0.25, 0.3) is 11.3 Å². The Bertz CT molecular complexity index is 594. The Kier molecular flexibility index (Phi) is 3.52. The number of carboxylic acid groups (broad SMARTS) is 1. The third-order valence-electron chi connectivity index (χ3n) is 3.64. The average molecular weight is 272 g/mol. The number of hydrogen-bond donors (Lipinski definition) is 1. The van der Waals surface area contributed by atoms with Crippen molar-refractivity contribution in [3.05, 3.63) is 42.2 Å². The molecule has 1 aromatic heterocycles. The summed E-state index contributed by atoms with van der Waals surface area (Å²) in [6.07, 6.45) is 1.62. The number of benzene rings is 1. The quantitative estimate of drug-likeness (QED) is 0.925. The molecule has 104 valence electrons. The molecule has 1 saturated heterocycles. The SMILES string of the molecule is O=C(O)[C@@H]1CCCN1Cc1cc(-c2ccccc2)no1. The summed E-state index contributed by atoms with van der Waals surface area (Å²) in [5.74, 6) is -0.0534. The van der Waals surface area contributed by atoms with Gasteiger partial charge in [0, 0.05) is 11.6 Å². The van der Waals surface area contributed by atoms with E-state index in [1.54, 1.807) is 0 Å². The van der Waals surface area contributed by atoms with Gasteiger partial charge in [0.05, 0.1) is 6.54 Å². The van der Waals surface area contributed by atoms with E-state index in [9.17, 15) is 4.79 Å². The maximum atomic E-state index is 11.1. The second-order valence-electron chi connectivity index (χ2n) is 5.01. The molecule has 1 aromatic carbocycles. The zero-order chi connectivity index (χ0) is 13.9. The molecule has 5 nitrogen and oxygen atoms in total. The third kappa shape index (κ3) is 2.58.